The van der Waals surface area contributed by atoms with Crippen molar-refractivity contribution in [2.75, 3.05) is 23.3 Å². The number of imide groups is 1. The fourth-order valence-electron chi connectivity index (χ4n) is 4.08. The van der Waals surface area contributed by atoms with Gasteiger partial charge >= 0.3 is 0 Å². The molecule has 0 unspecified atom stereocenters. The van der Waals surface area contributed by atoms with Gasteiger partial charge in [0.05, 0.1) is 5.69 Å². The summed E-state index contributed by atoms with van der Waals surface area (Å²) in [5.41, 5.74) is 3.44. The predicted octanol–water partition coefficient (Wildman–Crippen LogP) is 4.37. The lowest BCUT2D eigenvalue weighted by molar-refractivity contribution is -0.120. The summed E-state index contributed by atoms with van der Waals surface area (Å²) in [5.74, 6) is -1.12. The van der Waals surface area contributed by atoms with Crippen molar-refractivity contribution in [1.82, 2.24) is 4.90 Å². The van der Waals surface area contributed by atoms with E-state index in [-0.39, 0.29) is 16.6 Å². The summed E-state index contributed by atoms with van der Waals surface area (Å²) in [7, 11) is 0. The normalized spacial score (nSPS) is 16.9. The molecular formula is C24H24ClN3O3. The van der Waals surface area contributed by atoms with Gasteiger partial charge in [-0.25, -0.2) is 4.90 Å². The van der Waals surface area contributed by atoms with Crippen molar-refractivity contribution in [3.63, 3.8) is 0 Å². The minimum absolute atomic E-state index is 0.00778. The minimum atomic E-state index is -0.570. The molecule has 0 aliphatic carbocycles. The van der Waals surface area contributed by atoms with Crippen LogP contribution >= 0.6 is 11.6 Å². The molecule has 0 aromatic heterocycles. The number of carbonyl (C=O) groups is 3. The van der Waals surface area contributed by atoms with Crippen molar-refractivity contribution in [3.8, 4) is 0 Å². The number of rotatable bonds is 4. The van der Waals surface area contributed by atoms with E-state index in [1.807, 2.05) is 24.8 Å². The third kappa shape index (κ3) is 4.21. The second-order valence-corrected chi connectivity index (χ2v) is 8.42. The number of anilines is 2. The average Bonchev–Trinajstić information content (AvgIpc) is 2.96. The zero-order valence-electron chi connectivity index (χ0n) is 17.6. The number of halogens is 1. The lowest BCUT2D eigenvalue weighted by Crippen LogP contribution is -2.35. The molecule has 0 radical (unpaired) electrons. The Bertz CT molecular complexity index is 1080. The van der Waals surface area contributed by atoms with Crippen LogP contribution in [0.5, 0.6) is 0 Å². The van der Waals surface area contributed by atoms with Gasteiger partial charge in [0.1, 0.15) is 10.7 Å². The van der Waals surface area contributed by atoms with Crippen LogP contribution in [0.3, 0.4) is 0 Å². The van der Waals surface area contributed by atoms with E-state index in [0.717, 1.165) is 48.4 Å². The summed E-state index contributed by atoms with van der Waals surface area (Å²) < 4.78 is 0. The molecule has 0 saturated carbocycles. The van der Waals surface area contributed by atoms with Crippen molar-refractivity contribution < 1.29 is 14.4 Å². The zero-order chi connectivity index (χ0) is 22.1. The van der Waals surface area contributed by atoms with Crippen molar-refractivity contribution in [2.24, 2.45) is 0 Å². The van der Waals surface area contributed by atoms with Crippen molar-refractivity contribution in [3.05, 3.63) is 69.9 Å². The highest BCUT2D eigenvalue weighted by molar-refractivity contribution is 6.53. The van der Waals surface area contributed by atoms with E-state index < -0.39 is 11.8 Å². The first kappa shape index (κ1) is 21.1. The first-order valence-electron chi connectivity index (χ1n) is 10.4. The number of piperidine rings is 1. The monoisotopic (exact) mass is 437 g/mol. The lowest BCUT2D eigenvalue weighted by Gasteiger charge is -2.26. The quantitative estimate of drug-likeness (QED) is 0.721. The molecule has 7 heteroatoms. The van der Waals surface area contributed by atoms with Crippen molar-refractivity contribution in [1.29, 1.82) is 0 Å². The number of likely N-dealkylation sites (tertiary alicyclic amines) is 1. The highest BCUT2D eigenvalue weighted by Gasteiger charge is 2.39. The number of aryl methyl sites for hydroxylation is 2. The Morgan fingerprint density at radius 1 is 0.935 bits per heavy atom. The Morgan fingerprint density at radius 2 is 1.61 bits per heavy atom. The Hall–Kier alpha value is -3.12. The third-order valence-electron chi connectivity index (χ3n) is 5.51. The summed E-state index contributed by atoms with van der Waals surface area (Å²) in [6, 6.07) is 12.4. The largest absolute Gasteiger partial charge is 0.350 e. The maximum atomic E-state index is 13.0. The third-order valence-corrected chi connectivity index (χ3v) is 5.86. The number of nitrogens with zero attached hydrogens (tertiary/aromatic N) is 2. The molecule has 2 heterocycles. The molecule has 1 N–H and O–H groups in total. The smallest absolute Gasteiger partial charge is 0.283 e. The molecule has 0 atom stereocenters. The number of amides is 3. The van der Waals surface area contributed by atoms with Crippen LogP contribution in [0.15, 0.2) is 53.2 Å². The van der Waals surface area contributed by atoms with E-state index in [1.165, 1.54) is 0 Å². The molecule has 6 nitrogen and oxygen atoms in total. The van der Waals surface area contributed by atoms with Crippen LogP contribution in [0.25, 0.3) is 0 Å². The number of carbonyl (C=O) groups excluding carboxylic acids is 3. The van der Waals surface area contributed by atoms with Crippen LogP contribution in [0.1, 0.15) is 40.7 Å². The Morgan fingerprint density at radius 3 is 2.29 bits per heavy atom. The Balaban J connectivity index is 1.57. The van der Waals surface area contributed by atoms with E-state index in [0.29, 0.717) is 16.9 Å². The summed E-state index contributed by atoms with van der Waals surface area (Å²) >= 11 is 6.25. The van der Waals surface area contributed by atoms with Crippen LogP contribution in [0, 0.1) is 13.8 Å². The van der Waals surface area contributed by atoms with E-state index in [4.69, 9.17) is 11.6 Å². The second kappa shape index (κ2) is 8.55. The summed E-state index contributed by atoms with van der Waals surface area (Å²) in [6.07, 6.45) is 3.17. The second-order valence-electron chi connectivity index (χ2n) is 8.04. The molecule has 2 aliphatic rings. The SMILES string of the molecule is Cc1cc(C)cc(N2C(=O)C(Cl)=C(Nc3cccc(C(=O)N4CCCCC4)c3)C2=O)c1. The molecule has 2 aromatic carbocycles. The van der Waals surface area contributed by atoms with E-state index in [9.17, 15) is 14.4 Å². The molecule has 4 rings (SSSR count). The Labute approximate surface area is 186 Å². The molecule has 2 aromatic rings. The standard InChI is InChI=1S/C24H24ClN3O3/c1-15-11-16(2)13-19(12-15)28-23(30)20(25)21(24(28)31)26-18-8-6-7-17(14-18)22(29)27-9-4-3-5-10-27/h6-8,11-14,26H,3-5,9-10H2,1-2H3. The summed E-state index contributed by atoms with van der Waals surface area (Å²) in [4.78, 5) is 41.5. The van der Waals surface area contributed by atoms with Crippen LogP contribution in [0.4, 0.5) is 11.4 Å². The van der Waals surface area contributed by atoms with Gasteiger partial charge in [-0.05, 0) is 74.6 Å². The molecule has 1 fully saturated rings. The minimum Gasteiger partial charge on any atom is -0.350 e. The van der Waals surface area contributed by atoms with Gasteiger partial charge in [0, 0.05) is 24.3 Å². The predicted molar refractivity (Wildman–Crippen MR) is 121 cm³/mol. The maximum Gasteiger partial charge on any atom is 0.283 e. The number of hydrogen-bond donors (Lipinski definition) is 1. The first-order valence-corrected chi connectivity index (χ1v) is 10.8. The van der Waals surface area contributed by atoms with Gasteiger partial charge in [-0.1, -0.05) is 23.7 Å². The van der Waals surface area contributed by atoms with Crippen molar-refractivity contribution in [2.45, 2.75) is 33.1 Å². The van der Waals surface area contributed by atoms with Gasteiger partial charge in [-0.3, -0.25) is 14.4 Å². The summed E-state index contributed by atoms with van der Waals surface area (Å²) in [6.45, 7) is 5.32. The molecule has 1 saturated heterocycles. The van der Waals surface area contributed by atoms with Gasteiger partial charge in [0.2, 0.25) is 0 Å². The highest BCUT2D eigenvalue weighted by Crippen LogP contribution is 2.31. The van der Waals surface area contributed by atoms with E-state index >= 15 is 0 Å². The molecule has 2 aliphatic heterocycles. The molecular weight excluding hydrogens is 414 g/mol. The molecule has 3 amide bonds. The van der Waals surface area contributed by atoms with E-state index in [2.05, 4.69) is 5.32 Å². The zero-order valence-corrected chi connectivity index (χ0v) is 18.3. The average molecular weight is 438 g/mol. The molecule has 31 heavy (non-hydrogen) atoms. The maximum absolute atomic E-state index is 13.0. The fraction of sp³-hybridized carbons (Fsp3) is 0.292. The lowest BCUT2D eigenvalue weighted by atomic mass is 10.1. The highest BCUT2D eigenvalue weighted by atomic mass is 35.5. The van der Waals surface area contributed by atoms with Gasteiger partial charge < -0.3 is 10.2 Å². The van der Waals surface area contributed by atoms with Crippen molar-refractivity contribution >= 4 is 40.7 Å². The number of benzene rings is 2. The molecule has 160 valence electrons. The number of hydrogen-bond acceptors (Lipinski definition) is 4. The van der Waals surface area contributed by atoms with Crippen LogP contribution < -0.4 is 10.2 Å². The van der Waals surface area contributed by atoms with Crippen LogP contribution in [0.2, 0.25) is 0 Å². The van der Waals surface area contributed by atoms with Crippen LogP contribution in [-0.2, 0) is 9.59 Å². The molecule has 0 bridgehead atoms. The van der Waals surface area contributed by atoms with Gasteiger partial charge in [-0.2, -0.15) is 0 Å². The topological polar surface area (TPSA) is 69.7 Å². The number of nitrogens with one attached hydrogen (secondary N) is 1. The summed E-state index contributed by atoms with van der Waals surface area (Å²) in [5, 5.41) is 2.79. The molecule has 0 spiro atoms. The van der Waals surface area contributed by atoms with Gasteiger partial charge in [-0.15, -0.1) is 0 Å². The van der Waals surface area contributed by atoms with E-state index in [1.54, 1.807) is 36.4 Å². The van der Waals surface area contributed by atoms with Gasteiger partial charge in [0.15, 0.2) is 0 Å². The van der Waals surface area contributed by atoms with Gasteiger partial charge in [0.25, 0.3) is 17.7 Å². The fourth-order valence-corrected chi connectivity index (χ4v) is 4.29. The Kier molecular flexibility index (Phi) is 5.83. The first-order chi connectivity index (χ1) is 14.8. The van der Waals surface area contributed by atoms with Crippen LogP contribution in [-0.4, -0.2) is 35.7 Å².